The van der Waals surface area contributed by atoms with Gasteiger partial charge >= 0.3 is 5.97 Å². The Labute approximate surface area is 102 Å². The van der Waals surface area contributed by atoms with Crippen LogP contribution < -0.4 is 11.1 Å². The normalized spacial score (nSPS) is 13.2. The number of carboxylic acids is 1. The largest absolute Gasteiger partial charge is 0.481 e. The molecule has 17 heavy (non-hydrogen) atoms. The van der Waals surface area contributed by atoms with Gasteiger partial charge in [0.1, 0.15) is 0 Å². The summed E-state index contributed by atoms with van der Waals surface area (Å²) in [7, 11) is 1.58. The highest BCUT2D eigenvalue weighted by molar-refractivity contribution is 5.82. The summed E-state index contributed by atoms with van der Waals surface area (Å²) < 4.78 is 4.85. The maximum Gasteiger partial charge on any atom is 0.310 e. The highest BCUT2D eigenvalue weighted by Crippen LogP contribution is 2.13. The Bertz CT molecular complexity index is 266. The predicted molar refractivity (Wildman–Crippen MR) is 63.5 cm³/mol. The highest BCUT2D eigenvalue weighted by Gasteiger charge is 2.28. The van der Waals surface area contributed by atoms with Gasteiger partial charge in [0.05, 0.1) is 11.5 Å². The molecule has 6 heteroatoms. The molecule has 0 saturated heterocycles. The molecule has 0 aliphatic rings. The molecule has 0 bridgehead atoms. The molecular formula is C11H22N2O4. The van der Waals surface area contributed by atoms with E-state index >= 15 is 0 Å². The fraction of sp³-hybridized carbons (Fsp3) is 0.818. The van der Waals surface area contributed by atoms with Crippen molar-refractivity contribution in [3.63, 3.8) is 0 Å². The van der Waals surface area contributed by atoms with E-state index in [0.29, 0.717) is 19.4 Å². The molecule has 0 aliphatic heterocycles. The van der Waals surface area contributed by atoms with Crippen LogP contribution in [0.4, 0.5) is 0 Å². The highest BCUT2D eigenvalue weighted by atomic mass is 16.5. The standard InChI is InChI=1S/C11H22N2O4/c1-11(2,10(15)16)7-13-9(14)8(12)5-4-6-17-3/h8H,4-7,12H2,1-3H3,(H,13,14)(H,15,16). The molecular weight excluding hydrogens is 224 g/mol. The molecule has 0 spiro atoms. The molecule has 0 aromatic carbocycles. The second kappa shape index (κ2) is 7.24. The molecule has 0 aromatic rings. The SMILES string of the molecule is COCCCC(N)C(=O)NCC(C)(C)C(=O)O. The van der Waals surface area contributed by atoms with E-state index < -0.39 is 17.4 Å². The van der Waals surface area contributed by atoms with Crippen LogP contribution in [-0.2, 0) is 14.3 Å². The lowest BCUT2D eigenvalue weighted by Gasteiger charge is -2.21. The number of nitrogens with one attached hydrogen (secondary N) is 1. The maximum absolute atomic E-state index is 11.5. The van der Waals surface area contributed by atoms with Crippen LogP contribution in [0.5, 0.6) is 0 Å². The third-order valence-corrected chi connectivity index (χ3v) is 2.48. The Kier molecular flexibility index (Phi) is 6.75. The van der Waals surface area contributed by atoms with Gasteiger partial charge in [-0.15, -0.1) is 0 Å². The van der Waals surface area contributed by atoms with Crippen molar-refractivity contribution in [2.24, 2.45) is 11.1 Å². The van der Waals surface area contributed by atoms with Gasteiger partial charge in [0, 0.05) is 20.3 Å². The lowest BCUT2D eigenvalue weighted by molar-refractivity contribution is -0.146. The lowest BCUT2D eigenvalue weighted by Crippen LogP contribution is -2.46. The fourth-order valence-electron chi connectivity index (χ4n) is 1.09. The van der Waals surface area contributed by atoms with E-state index in [1.807, 2.05) is 0 Å². The average molecular weight is 246 g/mol. The second-order valence-electron chi connectivity index (χ2n) is 4.65. The number of ether oxygens (including phenoxy) is 1. The van der Waals surface area contributed by atoms with Crippen LogP contribution in [0.15, 0.2) is 0 Å². The summed E-state index contributed by atoms with van der Waals surface area (Å²) in [5, 5.41) is 11.4. The van der Waals surface area contributed by atoms with Gasteiger partial charge in [0.15, 0.2) is 0 Å². The molecule has 1 atom stereocenters. The predicted octanol–water partition coefficient (Wildman–Crippen LogP) is -0.0327. The van der Waals surface area contributed by atoms with Gasteiger partial charge in [-0.1, -0.05) is 0 Å². The van der Waals surface area contributed by atoms with Crippen molar-refractivity contribution in [3.05, 3.63) is 0 Å². The molecule has 0 rings (SSSR count). The zero-order valence-electron chi connectivity index (χ0n) is 10.7. The third kappa shape index (κ3) is 6.23. The Morgan fingerprint density at radius 3 is 2.53 bits per heavy atom. The molecule has 100 valence electrons. The zero-order valence-corrected chi connectivity index (χ0v) is 10.7. The van der Waals surface area contributed by atoms with Crippen LogP contribution in [0.25, 0.3) is 0 Å². The molecule has 6 nitrogen and oxygen atoms in total. The monoisotopic (exact) mass is 246 g/mol. The van der Waals surface area contributed by atoms with Crippen LogP contribution >= 0.6 is 0 Å². The van der Waals surface area contributed by atoms with Crippen molar-refractivity contribution in [1.29, 1.82) is 0 Å². The van der Waals surface area contributed by atoms with E-state index in [4.69, 9.17) is 15.6 Å². The first-order valence-electron chi connectivity index (χ1n) is 5.57. The van der Waals surface area contributed by atoms with Gasteiger partial charge in [0.2, 0.25) is 5.91 Å². The number of carboxylic acid groups (broad SMARTS) is 1. The van der Waals surface area contributed by atoms with E-state index in [9.17, 15) is 9.59 Å². The number of aliphatic carboxylic acids is 1. The molecule has 1 unspecified atom stereocenters. The van der Waals surface area contributed by atoms with Crippen LogP contribution in [-0.4, -0.2) is 43.3 Å². The van der Waals surface area contributed by atoms with Gasteiger partial charge in [-0.3, -0.25) is 9.59 Å². The summed E-state index contributed by atoms with van der Waals surface area (Å²) in [5.41, 5.74) is 4.66. The van der Waals surface area contributed by atoms with E-state index in [2.05, 4.69) is 5.32 Å². The Morgan fingerprint density at radius 1 is 1.47 bits per heavy atom. The third-order valence-electron chi connectivity index (χ3n) is 2.48. The molecule has 1 amide bonds. The van der Waals surface area contributed by atoms with E-state index in [-0.39, 0.29) is 12.5 Å². The summed E-state index contributed by atoms with van der Waals surface area (Å²) >= 11 is 0. The summed E-state index contributed by atoms with van der Waals surface area (Å²) in [6, 6.07) is -0.616. The Morgan fingerprint density at radius 2 is 2.06 bits per heavy atom. The second-order valence-corrected chi connectivity index (χ2v) is 4.65. The summed E-state index contributed by atoms with van der Waals surface area (Å²) in [5.74, 6) is -1.28. The van der Waals surface area contributed by atoms with Gasteiger partial charge in [-0.25, -0.2) is 0 Å². The van der Waals surface area contributed by atoms with Crippen LogP contribution in [0.3, 0.4) is 0 Å². The van der Waals surface area contributed by atoms with E-state index in [1.54, 1.807) is 21.0 Å². The van der Waals surface area contributed by atoms with Gasteiger partial charge < -0.3 is 20.9 Å². The molecule has 0 aliphatic carbocycles. The maximum atomic E-state index is 11.5. The number of amides is 1. The lowest BCUT2D eigenvalue weighted by atomic mass is 9.94. The fourth-order valence-corrected chi connectivity index (χ4v) is 1.09. The van der Waals surface area contributed by atoms with E-state index in [1.165, 1.54) is 0 Å². The number of nitrogens with two attached hydrogens (primary N) is 1. The molecule has 0 heterocycles. The van der Waals surface area contributed by atoms with Crippen LogP contribution in [0.2, 0.25) is 0 Å². The Balaban J connectivity index is 3.97. The van der Waals surface area contributed by atoms with Crippen molar-refractivity contribution >= 4 is 11.9 Å². The minimum absolute atomic E-state index is 0.0686. The summed E-state index contributed by atoms with van der Waals surface area (Å²) in [6.45, 7) is 3.72. The molecule has 0 saturated carbocycles. The molecule has 0 fully saturated rings. The van der Waals surface area contributed by atoms with Crippen molar-refractivity contribution < 1.29 is 19.4 Å². The first-order chi connectivity index (χ1) is 7.81. The van der Waals surface area contributed by atoms with Crippen molar-refractivity contribution in [2.45, 2.75) is 32.7 Å². The number of carbonyl (C=O) groups excluding carboxylic acids is 1. The first kappa shape index (κ1) is 15.9. The van der Waals surface area contributed by atoms with Gasteiger partial charge in [-0.2, -0.15) is 0 Å². The average Bonchev–Trinajstić information content (AvgIpc) is 2.26. The van der Waals surface area contributed by atoms with E-state index in [0.717, 1.165) is 0 Å². The number of rotatable bonds is 8. The van der Waals surface area contributed by atoms with Crippen LogP contribution in [0.1, 0.15) is 26.7 Å². The van der Waals surface area contributed by atoms with Crippen LogP contribution in [0, 0.1) is 5.41 Å². The van der Waals surface area contributed by atoms with Crippen molar-refractivity contribution in [1.82, 2.24) is 5.32 Å². The van der Waals surface area contributed by atoms with Gasteiger partial charge in [-0.05, 0) is 26.7 Å². The van der Waals surface area contributed by atoms with Gasteiger partial charge in [0.25, 0.3) is 0 Å². The quantitative estimate of drug-likeness (QED) is 0.522. The summed E-state index contributed by atoms with van der Waals surface area (Å²) in [6.07, 6.45) is 1.22. The topological polar surface area (TPSA) is 102 Å². The number of hydrogen-bond acceptors (Lipinski definition) is 4. The zero-order chi connectivity index (χ0) is 13.5. The first-order valence-corrected chi connectivity index (χ1v) is 5.57. The smallest absolute Gasteiger partial charge is 0.310 e. The number of methoxy groups -OCH3 is 1. The molecule has 0 aromatic heterocycles. The number of carbonyl (C=O) groups is 2. The summed E-state index contributed by atoms with van der Waals surface area (Å²) in [4.78, 5) is 22.4. The molecule has 0 radical (unpaired) electrons. The molecule has 4 N–H and O–H groups in total. The van der Waals surface area contributed by atoms with Crippen molar-refractivity contribution in [2.75, 3.05) is 20.3 Å². The van der Waals surface area contributed by atoms with Crippen molar-refractivity contribution in [3.8, 4) is 0 Å². The minimum Gasteiger partial charge on any atom is -0.481 e. The Hall–Kier alpha value is -1.14. The number of hydrogen-bond donors (Lipinski definition) is 3. The minimum atomic E-state index is -0.984.